The summed E-state index contributed by atoms with van der Waals surface area (Å²) in [6.45, 7) is 4.37. The number of fused-ring (bicyclic) bond motifs is 1. The fraction of sp³-hybridized carbons (Fsp3) is 0.190. The van der Waals surface area contributed by atoms with Crippen LogP contribution in [0.1, 0.15) is 13.8 Å². The molecule has 2 aromatic heterocycles. The summed E-state index contributed by atoms with van der Waals surface area (Å²) < 4.78 is 25.2. The van der Waals surface area contributed by atoms with Crippen LogP contribution in [0.15, 0.2) is 64.0 Å². The number of hydrogen-bond donors (Lipinski definition) is 2. The Bertz CT molecular complexity index is 1380. The third kappa shape index (κ3) is 4.70. The van der Waals surface area contributed by atoms with E-state index in [1.807, 2.05) is 47.2 Å². The molecular weight excluding hydrogens is 466 g/mol. The summed E-state index contributed by atoms with van der Waals surface area (Å²) in [7, 11) is -3.82. The summed E-state index contributed by atoms with van der Waals surface area (Å²) in [4.78, 5) is 21.8. The third-order valence-electron chi connectivity index (χ3n) is 4.78. The lowest BCUT2D eigenvalue weighted by atomic mass is 10.2. The Morgan fingerprint density at radius 2 is 1.97 bits per heavy atom. The Balaban J connectivity index is 1.51. The van der Waals surface area contributed by atoms with E-state index in [0.717, 1.165) is 16.8 Å². The van der Waals surface area contributed by atoms with Crippen LogP contribution >= 0.6 is 23.1 Å². The molecule has 0 radical (unpaired) electrons. The average Bonchev–Trinajstić information content (AvgIpc) is 3.37. The molecule has 3 N–H and O–H groups in total. The van der Waals surface area contributed by atoms with Gasteiger partial charge in [-0.1, -0.05) is 42.1 Å². The number of nitrogens with zero attached hydrogens (tertiary/aromatic N) is 3. The van der Waals surface area contributed by atoms with Gasteiger partial charge in [0.1, 0.15) is 0 Å². The van der Waals surface area contributed by atoms with Crippen molar-refractivity contribution in [3.8, 4) is 11.3 Å². The van der Waals surface area contributed by atoms with Gasteiger partial charge < -0.3 is 9.88 Å². The SMILES string of the molecule is CCn1c(SC(C)C(=O)Nc2nc(-c3ccccc3)cs2)nc2cc(S(N)(=O)=O)ccc21. The van der Waals surface area contributed by atoms with Crippen molar-refractivity contribution in [3.05, 3.63) is 53.9 Å². The molecule has 0 fully saturated rings. The molecule has 11 heteroatoms. The first-order valence-corrected chi connectivity index (χ1v) is 13.1. The fourth-order valence-electron chi connectivity index (χ4n) is 3.15. The molecular formula is C21H21N5O3S3. The summed E-state index contributed by atoms with van der Waals surface area (Å²) in [5, 5.41) is 10.7. The number of benzene rings is 2. The third-order valence-corrected chi connectivity index (χ3v) is 7.54. The molecule has 0 saturated heterocycles. The van der Waals surface area contributed by atoms with Crippen molar-refractivity contribution < 1.29 is 13.2 Å². The molecule has 4 rings (SSSR count). The maximum absolute atomic E-state index is 12.8. The van der Waals surface area contributed by atoms with Gasteiger partial charge in [0.25, 0.3) is 0 Å². The van der Waals surface area contributed by atoms with Crippen molar-refractivity contribution in [2.75, 3.05) is 5.32 Å². The van der Waals surface area contributed by atoms with Gasteiger partial charge in [0.05, 0.1) is 26.9 Å². The van der Waals surface area contributed by atoms with E-state index in [-0.39, 0.29) is 10.8 Å². The number of nitrogens with one attached hydrogen (secondary N) is 1. The summed E-state index contributed by atoms with van der Waals surface area (Å²) in [6, 6.07) is 14.4. The van der Waals surface area contributed by atoms with Crippen LogP contribution in [0.4, 0.5) is 5.13 Å². The van der Waals surface area contributed by atoms with Crippen LogP contribution in [-0.2, 0) is 21.4 Å². The predicted octanol–water partition coefficient (Wildman–Crippen LogP) is 3.95. The number of primary sulfonamides is 1. The van der Waals surface area contributed by atoms with Crippen LogP contribution in [-0.4, -0.2) is 34.1 Å². The Hall–Kier alpha value is -2.73. The number of carbonyl (C=O) groups is 1. The van der Waals surface area contributed by atoms with Gasteiger partial charge in [0.15, 0.2) is 10.3 Å². The number of carbonyl (C=O) groups excluding carboxylic acids is 1. The van der Waals surface area contributed by atoms with Gasteiger partial charge in [0, 0.05) is 17.5 Å². The zero-order valence-corrected chi connectivity index (χ0v) is 19.8. The predicted molar refractivity (Wildman–Crippen MR) is 128 cm³/mol. The molecule has 2 heterocycles. The van der Waals surface area contributed by atoms with Crippen LogP contribution in [0, 0.1) is 0 Å². The number of anilines is 1. The number of hydrogen-bond acceptors (Lipinski definition) is 7. The van der Waals surface area contributed by atoms with Crippen LogP contribution in [0.2, 0.25) is 0 Å². The number of rotatable bonds is 7. The number of nitrogens with two attached hydrogens (primary N) is 1. The monoisotopic (exact) mass is 487 g/mol. The van der Waals surface area contributed by atoms with Crippen molar-refractivity contribution in [2.24, 2.45) is 5.14 Å². The van der Waals surface area contributed by atoms with E-state index in [9.17, 15) is 13.2 Å². The highest BCUT2D eigenvalue weighted by Gasteiger charge is 2.21. The molecule has 0 aliphatic heterocycles. The normalized spacial score (nSPS) is 12.7. The zero-order chi connectivity index (χ0) is 22.9. The van der Waals surface area contributed by atoms with Crippen LogP contribution in [0.25, 0.3) is 22.3 Å². The lowest BCUT2D eigenvalue weighted by molar-refractivity contribution is -0.115. The zero-order valence-electron chi connectivity index (χ0n) is 17.3. The fourth-order valence-corrected chi connectivity index (χ4v) is 5.40. The Morgan fingerprint density at radius 1 is 1.22 bits per heavy atom. The summed E-state index contributed by atoms with van der Waals surface area (Å²) in [5.41, 5.74) is 3.09. The molecule has 166 valence electrons. The number of thioether (sulfide) groups is 1. The molecule has 4 aromatic rings. The van der Waals surface area contributed by atoms with Gasteiger partial charge in [-0.15, -0.1) is 11.3 Å². The van der Waals surface area contributed by atoms with Crippen LogP contribution in [0.3, 0.4) is 0 Å². The van der Waals surface area contributed by atoms with Crippen LogP contribution < -0.4 is 10.5 Å². The Kier molecular flexibility index (Phi) is 6.33. The standard InChI is InChI=1S/C21H21N5O3S3/c1-3-26-18-10-9-15(32(22,28)29)11-16(18)24-21(26)31-13(2)19(27)25-20-23-17(12-30-20)14-7-5-4-6-8-14/h4-13H,3H2,1-2H3,(H2,22,28,29)(H,23,25,27). The highest BCUT2D eigenvalue weighted by Crippen LogP contribution is 2.30. The highest BCUT2D eigenvalue weighted by atomic mass is 32.2. The van der Waals surface area contributed by atoms with Crippen molar-refractivity contribution in [3.63, 3.8) is 0 Å². The smallest absolute Gasteiger partial charge is 0.239 e. The van der Waals surface area contributed by atoms with E-state index in [1.54, 1.807) is 13.0 Å². The molecule has 0 spiro atoms. The lowest BCUT2D eigenvalue weighted by Gasteiger charge is -2.11. The van der Waals surface area contributed by atoms with Crippen molar-refractivity contribution in [1.82, 2.24) is 14.5 Å². The summed E-state index contributed by atoms with van der Waals surface area (Å²) >= 11 is 2.67. The second-order valence-electron chi connectivity index (χ2n) is 6.99. The number of thiazole rings is 1. The first kappa shape index (κ1) is 22.5. The Morgan fingerprint density at radius 3 is 2.66 bits per heavy atom. The minimum absolute atomic E-state index is 0.00563. The summed E-state index contributed by atoms with van der Waals surface area (Å²) in [6.07, 6.45) is 0. The number of imidazole rings is 1. The molecule has 1 unspecified atom stereocenters. The minimum Gasteiger partial charge on any atom is -0.319 e. The molecule has 2 aromatic carbocycles. The first-order chi connectivity index (χ1) is 15.3. The van der Waals surface area contributed by atoms with E-state index in [0.29, 0.717) is 22.3 Å². The minimum atomic E-state index is -3.82. The number of amides is 1. The molecule has 0 bridgehead atoms. The van der Waals surface area contributed by atoms with Gasteiger partial charge in [-0.25, -0.2) is 23.5 Å². The van der Waals surface area contributed by atoms with Crippen molar-refractivity contribution in [2.45, 2.75) is 35.7 Å². The Labute approximate surface area is 193 Å². The number of sulfonamides is 1. The maximum Gasteiger partial charge on any atom is 0.239 e. The molecule has 0 aliphatic carbocycles. The number of aromatic nitrogens is 3. The van der Waals surface area contributed by atoms with Crippen molar-refractivity contribution >= 4 is 55.2 Å². The number of aryl methyl sites for hydroxylation is 1. The second-order valence-corrected chi connectivity index (χ2v) is 10.7. The van der Waals surface area contributed by atoms with Crippen LogP contribution in [0.5, 0.6) is 0 Å². The average molecular weight is 488 g/mol. The lowest BCUT2D eigenvalue weighted by Crippen LogP contribution is -2.22. The molecule has 8 nitrogen and oxygen atoms in total. The van der Waals surface area contributed by atoms with Gasteiger partial charge in [-0.2, -0.15) is 0 Å². The molecule has 0 aliphatic rings. The molecule has 1 amide bonds. The quantitative estimate of drug-likeness (QED) is 0.381. The summed E-state index contributed by atoms with van der Waals surface area (Å²) in [5.74, 6) is -0.191. The van der Waals surface area contributed by atoms with Gasteiger partial charge in [0.2, 0.25) is 15.9 Å². The topological polar surface area (TPSA) is 120 Å². The van der Waals surface area contributed by atoms with E-state index in [2.05, 4.69) is 15.3 Å². The van der Waals surface area contributed by atoms with E-state index >= 15 is 0 Å². The largest absolute Gasteiger partial charge is 0.319 e. The van der Waals surface area contributed by atoms with Gasteiger partial charge in [-0.05, 0) is 32.0 Å². The van der Waals surface area contributed by atoms with Gasteiger partial charge in [-0.3, -0.25) is 4.79 Å². The van der Waals surface area contributed by atoms with E-state index in [1.165, 1.54) is 35.2 Å². The first-order valence-electron chi connectivity index (χ1n) is 9.78. The molecule has 32 heavy (non-hydrogen) atoms. The molecule has 0 saturated carbocycles. The van der Waals surface area contributed by atoms with Gasteiger partial charge >= 0.3 is 0 Å². The van der Waals surface area contributed by atoms with E-state index in [4.69, 9.17) is 5.14 Å². The highest BCUT2D eigenvalue weighted by molar-refractivity contribution is 8.00. The van der Waals surface area contributed by atoms with E-state index < -0.39 is 15.3 Å². The molecule has 1 atom stereocenters. The maximum atomic E-state index is 12.8. The second kappa shape index (κ2) is 9.02. The van der Waals surface area contributed by atoms with Crippen molar-refractivity contribution in [1.29, 1.82) is 0 Å².